The van der Waals surface area contributed by atoms with Crippen molar-refractivity contribution in [2.45, 2.75) is 73.8 Å². The van der Waals surface area contributed by atoms with Crippen molar-refractivity contribution in [3.8, 4) is 0 Å². The van der Waals surface area contributed by atoms with Crippen LogP contribution in [-0.2, 0) is 14.4 Å². The number of ketones is 1. The summed E-state index contributed by atoms with van der Waals surface area (Å²) in [5, 5.41) is 5.61. The van der Waals surface area contributed by atoms with Gasteiger partial charge < -0.3 is 21.2 Å². The van der Waals surface area contributed by atoms with Gasteiger partial charge in [0.15, 0.2) is 5.78 Å². The van der Waals surface area contributed by atoms with Gasteiger partial charge in [-0.05, 0) is 32.4 Å². The Labute approximate surface area is 161 Å². The minimum absolute atomic E-state index is 0.0411. The maximum Gasteiger partial charge on any atom is 0.237 e. The van der Waals surface area contributed by atoms with E-state index in [2.05, 4.69) is 10.6 Å². The van der Waals surface area contributed by atoms with Crippen molar-refractivity contribution in [2.75, 3.05) is 20.1 Å². The second kappa shape index (κ2) is 20.0. The summed E-state index contributed by atoms with van der Waals surface area (Å²) in [5.41, 5.74) is 5.40. The summed E-state index contributed by atoms with van der Waals surface area (Å²) in [6, 6.07) is -0.235. The van der Waals surface area contributed by atoms with Crippen LogP contribution in [0.2, 0.25) is 0 Å². The number of rotatable bonds is 11. The summed E-state index contributed by atoms with van der Waals surface area (Å²) in [5.74, 6) is 0.617. The fourth-order valence-electron chi connectivity index (χ4n) is 1.56. The van der Waals surface area contributed by atoms with Crippen molar-refractivity contribution in [3.05, 3.63) is 0 Å². The molecule has 0 fully saturated rings. The maximum absolute atomic E-state index is 11.7. The van der Waals surface area contributed by atoms with E-state index >= 15 is 0 Å². The van der Waals surface area contributed by atoms with Gasteiger partial charge in [-0.25, -0.2) is 0 Å². The standard InChI is InChI=1S/C12H25N3O2.C6H12O.C2H6/c1-9(2)11(16)8-15-12(17)10(14-3)6-4-5-7-13;1-5(2)6(3)4-7;1-2/h9-10,14H,4-8,13H2,1-3H3,(H,15,17);4-6H,1-3H3;1-2H3. The van der Waals surface area contributed by atoms with Crippen molar-refractivity contribution >= 4 is 18.0 Å². The van der Waals surface area contributed by atoms with Gasteiger partial charge in [0, 0.05) is 11.8 Å². The molecule has 6 heteroatoms. The van der Waals surface area contributed by atoms with Crippen molar-refractivity contribution in [2.24, 2.45) is 23.5 Å². The fourth-order valence-corrected chi connectivity index (χ4v) is 1.56. The molecular weight excluding hydrogens is 330 g/mol. The average molecular weight is 374 g/mol. The van der Waals surface area contributed by atoms with E-state index in [0.717, 1.165) is 25.5 Å². The number of Topliss-reactive ketones (excluding diaryl/α,β-unsaturated/α-hetero) is 1. The lowest BCUT2D eigenvalue weighted by Gasteiger charge is -2.16. The predicted molar refractivity (Wildman–Crippen MR) is 110 cm³/mol. The van der Waals surface area contributed by atoms with Gasteiger partial charge in [0.1, 0.15) is 6.29 Å². The molecule has 0 aromatic heterocycles. The number of likely N-dealkylation sites (N-methyl/N-ethyl adjacent to an activating group) is 1. The van der Waals surface area contributed by atoms with Crippen LogP contribution in [0.25, 0.3) is 0 Å². The number of hydrogen-bond acceptors (Lipinski definition) is 5. The largest absolute Gasteiger partial charge is 0.348 e. The van der Waals surface area contributed by atoms with Gasteiger partial charge in [0.25, 0.3) is 0 Å². The summed E-state index contributed by atoms with van der Waals surface area (Å²) in [4.78, 5) is 33.1. The van der Waals surface area contributed by atoms with E-state index in [1.54, 1.807) is 7.05 Å². The van der Waals surface area contributed by atoms with Crippen LogP contribution in [0, 0.1) is 17.8 Å². The van der Waals surface area contributed by atoms with E-state index < -0.39 is 0 Å². The zero-order chi connectivity index (χ0) is 21.1. The minimum Gasteiger partial charge on any atom is -0.348 e. The molecule has 2 atom stereocenters. The molecule has 1 amide bonds. The van der Waals surface area contributed by atoms with Gasteiger partial charge in [-0.3, -0.25) is 9.59 Å². The van der Waals surface area contributed by atoms with Gasteiger partial charge in [0.05, 0.1) is 12.6 Å². The van der Waals surface area contributed by atoms with E-state index in [4.69, 9.17) is 5.73 Å². The smallest absolute Gasteiger partial charge is 0.237 e. The molecule has 0 radical (unpaired) electrons. The number of unbranched alkanes of at least 4 members (excludes halogenated alkanes) is 1. The van der Waals surface area contributed by atoms with Crippen LogP contribution in [-0.4, -0.2) is 44.2 Å². The highest BCUT2D eigenvalue weighted by molar-refractivity contribution is 5.89. The molecule has 0 aliphatic rings. The first-order valence-corrected chi connectivity index (χ1v) is 9.84. The number of nitrogens with one attached hydrogen (secondary N) is 2. The number of carbonyl (C=O) groups is 3. The van der Waals surface area contributed by atoms with Crippen LogP contribution in [0.1, 0.15) is 67.7 Å². The van der Waals surface area contributed by atoms with Crippen LogP contribution in [0.15, 0.2) is 0 Å². The van der Waals surface area contributed by atoms with Gasteiger partial charge in [0.2, 0.25) is 5.91 Å². The first-order chi connectivity index (χ1) is 12.2. The molecule has 0 aromatic carbocycles. The lowest BCUT2D eigenvalue weighted by Crippen LogP contribution is -2.44. The molecule has 0 spiro atoms. The molecule has 0 aliphatic carbocycles. The van der Waals surface area contributed by atoms with Gasteiger partial charge in [-0.1, -0.05) is 54.9 Å². The molecule has 6 nitrogen and oxygen atoms in total. The van der Waals surface area contributed by atoms with Crippen molar-refractivity contribution < 1.29 is 14.4 Å². The topological polar surface area (TPSA) is 101 Å². The Morgan fingerprint density at radius 3 is 1.88 bits per heavy atom. The van der Waals surface area contributed by atoms with Crippen LogP contribution in [0.4, 0.5) is 0 Å². The Morgan fingerprint density at radius 2 is 1.58 bits per heavy atom. The molecule has 156 valence electrons. The molecule has 0 saturated carbocycles. The third kappa shape index (κ3) is 17.5. The molecular formula is C20H43N3O3. The molecule has 0 aliphatic heterocycles. The second-order valence-corrected chi connectivity index (χ2v) is 6.70. The predicted octanol–water partition coefficient (Wildman–Crippen LogP) is 2.55. The summed E-state index contributed by atoms with van der Waals surface area (Å²) in [7, 11) is 1.75. The number of amides is 1. The molecule has 0 rings (SSSR count). The van der Waals surface area contributed by atoms with Crippen LogP contribution in [0.3, 0.4) is 0 Å². The molecule has 2 unspecified atom stereocenters. The Morgan fingerprint density at radius 1 is 1.04 bits per heavy atom. The summed E-state index contributed by atoms with van der Waals surface area (Å²) in [6.07, 6.45) is 3.56. The van der Waals surface area contributed by atoms with Gasteiger partial charge in [-0.15, -0.1) is 0 Å². The van der Waals surface area contributed by atoms with Crippen molar-refractivity contribution in [1.29, 1.82) is 0 Å². The van der Waals surface area contributed by atoms with E-state index in [0.29, 0.717) is 12.5 Å². The van der Waals surface area contributed by atoms with E-state index in [1.165, 1.54) is 0 Å². The van der Waals surface area contributed by atoms with Crippen molar-refractivity contribution in [1.82, 2.24) is 10.6 Å². The maximum atomic E-state index is 11.7. The Bertz CT molecular complexity index is 358. The number of hydrogen-bond donors (Lipinski definition) is 3. The third-order valence-corrected chi connectivity index (χ3v) is 3.96. The van der Waals surface area contributed by atoms with E-state index in [-0.39, 0.29) is 36.1 Å². The van der Waals surface area contributed by atoms with E-state index in [9.17, 15) is 14.4 Å². The highest BCUT2D eigenvalue weighted by atomic mass is 16.2. The molecule has 0 heterocycles. The number of carbonyl (C=O) groups excluding carboxylic acids is 3. The van der Waals surface area contributed by atoms with Gasteiger partial charge in [-0.2, -0.15) is 0 Å². The zero-order valence-electron chi connectivity index (χ0n) is 18.2. The molecule has 4 N–H and O–H groups in total. The Balaban J connectivity index is -0.000000491. The van der Waals surface area contributed by atoms with Crippen LogP contribution in [0.5, 0.6) is 0 Å². The first-order valence-electron chi connectivity index (χ1n) is 9.84. The highest BCUT2D eigenvalue weighted by Crippen LogP contribution is 2.04. The van der Waals surface area contributed by atoms with Gasteiger partial charge >= 0.3 is 0 Å². The normalized spacial score (nSPS) is 12.3. The molecule has 0 aromatic rings. The number of nitrogens with two attached hydrogens (primary N) is 1. The lowest BCUT2D eigenvalue weighted by atomic mass is 10.0. The number of aldehydes is 1. The lowest BCUT2D eigenvalue weighted by molar-refractivity contribution is -0.127. The van der Waals surface area contributed by atoms with E-state index in [1.807, 2.05) is 48.5 Å². The van der Waals surface area contributed by atoms with Crippen LogP contribution >= 0.6 is 0 Å². The monoisotopic (exact) mass is 373 g/mol. The average Bonchev–Trinajstić information content (AvgIpc) is 2.64. The Kier molecular flexibility index (Phi) is 22.7. The fraction of sp³-hybridized carbons (Fsp3) is 0.850. The minimum atomic E-state index is -0.235. The molecule has 26 heavy (non-hydrogen) atoms. The summed E-state index contributed by atoms with van der Waals surface area (Å²) < 4.78 is 0. The SMILES string of the molecule is CC.CC(C)C(C)C=O.CNC(CCCCN)C(=O)NCC(=O)C(C)C. The first kappa shape index (κ1) is 29.5. The molecule has 0 saturated heterocycles. The zero-order valence-corrected chi connectivity index (χ0v) is 18.2. The second-order valence-electron chi connectivity index (χ2n) is 6.70. The highest BCUT2D eigenvalue weighted by Gasteiger charge is 2.17. The molecule has 0 bridgehead atoms. The quantitative estimate of drug-likeness (QED) is 0.382. The van der Waals surface area contributed by atoms with Crippen LogP contribution < -0.4 is 16.4 Å². The summed E-state index contributed by atoms with van der Waals surface area (Å²) >= 11 is 0. The van der Waals surface area contributed by atoms with Crippen molar-refractivity contribution in [3.63, 3.8) is 0 Å². The Hall–Kier alpha value is -1.27. The third-order valence-electron chi connectivity index (χ3n) is 3.96. The summed E-state index contributed by atoms with van der Waals surface area (Å²) in [6.45, 7) is 14.4.